The van der Waals surface area contributed by atoms with E-state index in [-0.39, 0.29) is 34.0 Å². The summed E-state index contributed by atoms with van der Waals surface area (Å²) >= 11 is 24.9. The molecule has 0 spiro atoms. The van der Waals surface area contributed by atoms with Gasteiger partial charge in [-0.3, -0.25) is 9.59 Å². The summed E-state index contributed by atoms with van der Waals surface area (Å²) in [5, 5.41) is 29.4. The Hall–Kier alpha value is -2.97. The normalized spacial score (nSPS) is 10.8. The molecule has 0 atom stereocenters. The Bertz CT molecular complexity index is 1350. The van der Waals surface area contributed by atoms with Crippen LogP contribution >= 0.6 is 46.4 Å². The molecule has 3 N–H and O–H groups in total. The minimum atomic E-state index is -1.57. The monoisotopic (exact) mass is 556 g/mol. The predicted molar refractivity (Wildman–Crippen MR) is 132 cm³/mol. The number of aromatic hydroxyl groups is 2. The number of hydrogen-bond donors (Lipinski definition) is 3. The molecule has 0 aliphatic heterocycles. The smallest absolute Gasteiger partial charge is 0.338 e. The highest BCUT2D eigenvalue weighted by molar-refractivity contribution is 6.51. The molecule has 0 aliphatic carbocycles. The molecule has 0 aromatic heterocycles. The highest BCUT2D eigenvalue weighted by Crippen LogP contribution is 2.46. The van der Waals surface area contributed by atoms with Gasteiger partial charge in [-0.25, -0.2) is 4.79 Å². The van der Waals surface area contributed by atoms with Gasteiger partial charge in [0.05, 0.1) is 33.3 Å². The number of ether oxygens (including phenoxy) is 1. The van der Waals surface area contributed by atoms with Crippen LogP contribution in [0.4, 0.5) is 0 Å². The molecule has 0 radical (unpaired) electrons. The summed E-state index contributed by atoms with van der Waals surface area (Å²) in [6, 6.07) is 9.26. The average molecular weight is 558 g/mol. The van der Waals surface area contributed by atoms with E-state index in [0.717, 1.165) is 6.07 Å². The van der Waals surface area contributed by atoms with E-state index in [0.29, 0.717) is 5.56 Å². The summed E-state index contributed by atoms with van der Waals surface area (Å²) < 4.78 is 4.58. The van der Waals surface area contributed by atoms with Crippen molar-refractivity contribution in [2.45, 2.75) is 12.8 Å². The number of aryl methyl sites for hydroxylation is 1. The SMILES string of the molecule is COC(=O)CCc1cc(C(=O)c2c(C(=O)O)c(Cl)c(Cl)c(Cl)c2-c2ccccc2)c(O)c(Cl)c1O. The summed E-state index contributed by atoms with van der Waals surface area (Å²) in [6.07, 6.45) is -0.245. The average Bonchev–Trinajstić information content (AvgIpc) is 2.84. The molecule has 3 aromatic rings. The van der Waals surface area contributed by atoms with Crippen LogP contribution in [0.15, 0.2) is 36.4 Å². The molecule has 182 valence electrons. The van der Waals surface area contributed by atoms with Gasteiger partial charge in [0.25, 0.3) is 0 Å². The maximum atomic E-state index is 13.8. The quantitative estimate of drug-likeness (QED) is 0.174. The van der Waals surface area contributed by atoms with E-state index in [9.17, 15) is 29.7 Å². The topological polar surface area (TPSA) is 121 Å². The highest BCUT2D eigenvalue weighted by atomic mass is 35.5. The van der Waals surface area contributed by atoms with Crippen molar-refractivity contribution in [2.75, 3.05) is 7.11 Å². The molecule has 0 fully saturated rings. The Kier molecular flexibility index (Phi) is 8.18. The number of esters is 1. The van der Waals surface area contributed by atoms with Crippen LogP contribution in [-0.2, 0) is 16.0 Å². The van der Waals surface area contributed by atoms with E-state index < -0.39 is 56.0 Å². The number of ketones is 1. The fourth-order valence-corrected chi connectivity index (χ4v) is 4.51. The first-order valence-electron chi connectivity index (χ1n) is 9.85. The van der Waals surface area contributed by atoms with Crippen LogP contribution < -0.4 is 0 Å². The Balaban J connectivity index is 2.35. The summed E-state index contributed by atoms with van der Waals surface area (Å²) in [6.45, 7) is 0. The minimum absolute atomic E-state index is 0.0243. The molecule has 0 aliphatic rings. The number of benzene rings is 3. The fraction of sp³-hybridized carbons (Fsp3) is 0.125. The van der Waals surface area contributed by atoms with Gasteiger partial charge in [-0.2, -0.15) is 0 Å². The zero-order valence-corrected chi connectivity index (χ0v) is 20.9. The van der Waals surface area contributed by atoms with E-state index in [1.54, 1.807) is 30.3 Å². The lowest BCUT2D eigenvalue weighted by atomic mass is 9.88. The minimum Gasteiger partial charge on any atom is -0.506 e. The number of carboxylic acids is 1. The van der Waals surface area contributed by atoms with Gasteiger partial charge in [0.1, 0.15) is 16.5 Å². The molecule has 7 nitrogen and oxygen atoms in total. The molecule has 0 heterocycles. The number of carboxylic acid groups (broad SMARTS) is 1. The van der Waals surface area contributed by atoms with Gasteiger partial charge in [0.15, 0.2) is 5.78 Å². The molecule has 3 rings (SSSR count). The molecular weight excluding hydrogens is 542 g/mol. The molecule has 35 heavy (non-hydrogen) atoms. The number of halogens is 4. The largest absolute Gasteiger partial charge is 0.506 e. The lowest BCUT2D eigenvalue weighted by Gasteiger charge is -2.19. The van der Waals surface area contributed by atoms with E-state index >= 15 is 0 Å². The molecule has 11 heteroatoms. The zero-order valence-electron chi connectivity index (χ0n) is 17.9. The van der Waals surface area contributed by atoms with Crippen LogP contribution in [0.3, 0.4) is 0 Å². The molecule has 0 amide bonds. The van der Waals surface area contributed by atoms with Gasteiger partial charge in [-0.15, -0.1) is 0 Å². The summed E-state index contributed by atoms with van der Waals surface area (Å²) in [4.78, 5) is 37.5. The number of phenolic OH excluding ortho intramolecular Hbond substituents is 2. The van der Waals surface area contributed by atoms with Gasteiger partial charge in [-0.05, 0) is 23.6 Å². The van der Waals surface area contributed by atoms with Crippen molar-refractivity contribution >= 4 is 64.1 Å². The van der Waals surface area contributed by atoms with Crippen molar-refractivity contribution in [3.05, 3.63) is 78.7 Å². The Morgan fingerprint density at radius 1 is 0.857 bits per heavy atom. The number of rotatable bonds is 7. The Morgan fingerprint density at radius 2 is 1.49 bits per heavy atom. The second kappa shape index (κ2) is 10.7. The summed E-state index contributed by atoms with van der Waals surface area (Å²) in [7, 11) is 1.19. The van der Waals surface area contributed by atoms with E-state index in [1.807, 2.05) is 0 Å². The number of aromatic carboxylic acids is 1. The third-order valence-electron chi connectivity index (χ3n) is 5.19. The maximum absolute atomic E-state index is 13.8. The van der Waals surface area contributed by atoms with E-state index in [2.05, 4.69) is 4.74 Å². The van der Waals surface area contributed by atoms with Gasteiger partial charge >= 0.3 is 11.9 Å². The number of phenols is 2. The van der Waals surface area contributed by atoms with Crippen molar-refractivity contribution < 1.29 is 34.4 Å². The van der Waals surface area contributed by atoms with Crippen molar-refractivity contribution in [3.63, 3.8) is 0 Å². The van der Waals surface area contributed by atoms with Gasteiger partial charge < -0.3 is 20.1 Å². The van der Waals surface area contributed by atoms with E-state index in [1.165, 1.54) is 7.11 Å². The van der Waals surface area contributed by atoms with Crippen molar-refractivity contribution in [1.29, 1.82) is 0 Å². The number of methoxy groups -OCH3 is 1. The first-order valence-corrected chi connectivity index (χ1v) is 11.4. The van der Waals surface area contributed by atoms with Gasteiger partial charge in [0, 0.05) is 17.5 Å². The van der Waals surface area contributed by atoms with Crippen LogP contribution in [0, 0.1) is 0 Å². The number of hydrogen-bond acceptors (Lipinski definition) is 6. The van der Waals surface area contributed by atoms with E-state index in [4.69, 9.17) is 46.4 Å². The Morgan fingerprint density at radius 3 is 2.06 bits per heavy atom. The van der Waals surface area contributed by atoms with Crippen LogP contribution in [-0.4, -0.2) is 40.2 Å². The standard InChI is InChI=1S/C24H16Cl4O7/c1-35-13(29)8-7-11-9-12(23(32)20(28)21(11)30)22(31)15-14(10-5-3-2-4-6-10)17(25)19(27)18(26)16(15)24(33)34/h2-6,9,30,32H,7-8H2,1H3,(H,33,34). The lowest BCUT2D eigenvalue weighted by molar-refractivity contribution is -0.140. The molecule has 0 saturated carbocycles. The summed E-state index contributed by atoms with van der Waals surface area (Å²) in [5.41, 5.74) is -1.14. The van der Waals surface area contributed by atoms with Crippen LogP contribution in [0.2, 0.25) is 20.1 Å². The Labute approximate surface area is 219 Å². The molecule has 0 saturated heterocycles. The first kappa shape index (κ1) is 26.6. The van der Waals surface area contributed by atoms with Crippen LogP contribution in [0.25, 0.3) is 11.1 Å². The van der Waals surface area contributed by atoms with Crippen LogP contribution in [0.5, 0.6) is 11.5 Å². The van der Waals surface area contributed by atoms with Crippen molar-refractivity contribution in [3.8, 4) is 22.6 Å². The molecule has 3 aromatic carbocycles. The van der Waals surface area contributed by atoms with Gasteiger partial charge in [-0.1, -0.05) is 76.7 Å². The highest BCUT2D eigenvalue weighted by Gasteiger charge is 2.33. The summed E-state index contributed by atoms with van der Waals surface area (Å²) in [5.74, 6) is -4.49. The number of carbonyl (C=O) groups is 3. The first-order chi connectivity index (χ1) is 16.5. The van der Waals surface area contributed by atoms with Crippen LogP contribution in [0.1, 0.15) is 38.3 Å². The molecule has 0 bridgehead atoms. The predicted octanol–water partition coefficient (Wildman–Crippen LogP) is 6.41. The van der Waals surface area contributed by atoms with Gasteiger partial charge in [0.2, 0.25) is 0 Å². The third kappa shape index (κ3) is 5.04. The molecular formula is C24H16Cl4O7. The third-order valence-corrected chi connectivity index (χ3v) is 6.88. The number of carbonyl (C=O) groups excluding carboxylic acids is 2. The second-order valence-electron chi connectivity index (χ2n) is 7.24. The zero-order chi connectivity index (χ0) is 26.0. The fourth-order valence-electron chi connectivity index (χ4n) is 3.48. The maximum Gasteiger partial charge on any atom is 0.338 e. The van der Waals surface area contributed by atoms with Crippen molar-refractivity contribution in [1.82, 2.24) is 0 Å². The lowest BCUT2D eigenvalue weighted by Crippen LogP contribution is -2.14. The van der Waals surface area contributed by atoms with Crippen molar-refractivity contribution in [2.24, 2.45) is 0 Å². The second-order valence-corrected chi connectivity index (χ2v) is 8.75. The molecule has 0 unspecified atom stereocenters.